The first kappa shape index (κ1) is 21.7. The van der Waals surface area contributed by atoms with E-state index in [0.717, 1.165) is 25.1 Å². The number of nitriles is 1. The van der Waals surface area contributed by atoms with Gasteiger partial charge in [-0.1, -0.05) is 47.0 Å². The second-order valence-electron chi connectivity index (χ2n) is 9.14. The SMILES string of the molecule is CCCCCC(C)N1C=CN2B1C(C)(CC)C(C)(CC)[n+]1cc(F)c(C#N)cc12. The number of anilines is 1. The molecule has 1 aromatic heterocycles. The second kappa shape index (κ2) is 8.01. The van der Waals surface area contributed by atoms with Crippen molar-refractivity contribution in [1.82, 2.24) is 4.81 Å². The molecule has 0 aliphatic carbocycles. The van der Waals surface area contributed by atoms with Crippen LogP contribution in [0.25, 0.3) is 0 Å². The summed E-state index contributed by atoms with van der Waals surface area (Å²) in [5, 5.41) is 9.32. The zero-order valence-electron chi connectivity index (χ0n) is 18.9. The zero-order chi connectivity index (χ0) is 21.4. The van der Waals surface area contributed by atoms with Crippen LogP contribution < -0.4 is 9.38 Å². The minimum Gasteiger partial charge on any atom is -0.374 e. The largest absolute Gasteiger partial charge is 0.511 e. The number of hydrogen-bond acceptors (Lipinski definition) is 3. The highest BCUT2D eigenvalue weighted by Crippen LogP contribution is 2.55. The molecular formula is C23H35BFN4+. The summed E-state index contributed by atoms with van der Waals surface area (Å²) in [5.74, 6) is 0.462. The number of halogens is 1. The fourth-order valence-electron chi connectivity index (χ4n) is 5.41. The normalized spacial score (nSPS) is 26.3. The van der Waals surface area contributed by atoms with Gasteiger partial charge in [0.15, 0.2) is 5.82 Å². The van der Waals surface area contributed by atoms with Gasteiger partial charge in [-0.05, 0) is 33.1 Å². The smallest absolute Gasteiger partial charge is 0.374 e. The first-order valence-corrected chi connectivity index (χ1v) is 11.2. The van der Waals surface area contributed by atoms with E-state index in [1.54, 1.807) is 12.3 Å². The second-order valence-corrected chi connectivity index (χ2v) is 9.14. The molecule has 0 saturated heterocycles. The number of hydrogen-bond donors (Lipinski definition) is 0. The molecular weight excluding hydrogens is 362 g/mol. The van der Waals surface area contributed by atoms with Crippen LogP contribution in [0.1, 0.15) is 85.6 Å². The van der Waals surface area contributed by atoms with E-state index in [9.17, 15) is 9.65 Å². The highest BCUT2D eigenvalue weighted by molar-refractivity contribution is 6.65. The molecule has 4 nitrogen and oxygen atoms in total. The summed E-state index contributed by atoms with van der Waals surface area (Å²) in [4.78, 5) is 4.77. The topological polar surface area (TPSA) is 34.1 Å². The minimum absolute atomic E-state index is 0.0947. The molecule has 156 valence electrons. The van der Waals surface area contributed by atoms with Crippen LogP contribution in [0.4, 0.5) is 10.2 Å². The molecule has 0 bridgehead atoms. The minimum atomic E-state index is -0.444. The van der Waals surface area contributed by atoms with Gasteiger partial charge in [-0.15, -0.1) is 0 Å². The van der Waals surface area contributed by atoms with Gasteiger partial charge in [0, 0.05) is 18.3 Å². The molecule has 29 heavy (non-hydrogen) atoms. The predicted octanol–water partition coefficient (Wildman–Crippen LogP) is 5.34. The summed E-state index contributed by atoms with van der Waals surface area (Å²) >= 11 is 0. The molecule has 0 saturated carbocycles. The fourth-order valence-corrected chi connectivity index (χ4v) is 5.41. The number of nitrogens with zero attached hydrogens (tertiary/aromatic N) is 4. The lowest BCUT2D eigenvalue weighted by atomic mass is 9.39. The lowest BCUT2D eigenvalue weighted by Crippen LogP contribution is -2.74. The summed E-state index contributed by atoms with van der Waals surface area (Å²) < 4.78 is 16.7. The van der Waals surface area contributed by atoms with Crippen LogP contribution in [-0.2, 0) is 5.54 Å². The van der Waals surface area contributed by atoms with Crippen LogP contribution in [-0.4, -0.2) is 17.8 Å². The van der Waals surface area contributed by atoms with Crippen LogP contribution in [0, 0.1) is 17.1 Å². The highest BCUT2D eigenvalue weighted by atomic mass is 19.1. The molecule has 0 radical (unpaired) electrons. The quantitative estimate of drug-likeness (QED) is 0.354. The summed E-state index contributed by atoms with van der Waals surface area (Å²) in [7, 11) is 0. The van der Waals surface area contributed by atoms with Crippen molar-refractivity contribution in [2.24, 2.45) is 0 Å². The molecule has 6 heteroatoms. The van der Waals surface area contributed by atoms with Crippen molar-refractivity contribution >= 4 is 12.8 Å². The third-order valence-corrected chi connectivity index (χ3v) is 7.84. The Balaban J connectivity index is 2.13. The van der Waals surface area contributed by atoms with Crippen LogP contribution in [0.5, 0.6) is 0 Å². The number of rotatable bonds is 7. The van der Waals surface area contributed by atoms with Crippen LogP contribution >= 0.6 is 0 Å². The maximum absolute atomic E-state index is 14.6. The molecule has 0 amide bonds. The molecule has 3 unspecified atom stereocenters. The van der Waals surface area contributed by atoms with Gasteiger partial charge in [-0.25, -0.2) is 8.96 Å². The maximum atomic E-state index is 14.6. The van der Waals surface area contributed by atoms with Crippen molar-refractivity contribution < 1.29 is 8.96 Å². The van der Waals surface area contributed by atoms with E-state index >= 15 is 0 Å². The molecule has 0 spiro atoms. The van der Waals surface area contributed by atoms with Gasteiger partial charge in [0.2, 0.25) is 0 Å². The molecule has 3 rings (SSSR count). The van der Waals surface area contributed by atoms with Gasteiger partial charge in [0.25, 0.3) is 5.82 Å². The number of unbranched alkanes of at least 4 members (excludes halogenated alkanes) is 2. The lowest BCUT2D eigenvalue weighted by Gasteiger charge is -2.52. The van der Waals surface area contributed by atoms with Gasteiger partial charge in [0.1, 0.15) is 17.8 Å². The molecule has 2 aliphatic heterocycles. The van der Waals surface area contributed by atoms with Crippen molar-refractivity contribution in [2.45, 2.75) is 97.0 Å². The van der Waals surface area contributed by atoms with Crippen molar-refractivity contribution in [3.05, 3.63) is 36.0 Å². The Bertz CT molecular complexity index is 835. The molecule has 0 fully saturated rings. The first-order valence-electron chi connectivity index (χ1n) is 11.2. The van der Waals surface area contributed by atoms with E-state index < -0.39 is 5.82 Å². The monoisotopic (exact) mass is 397 g/mol. The predicted molar refractivity (Wildman–Crippen MR) is 117 cm³/mol. The molecule has 2 aliphatic rings. The van der Waals surface area contributed by atoms with E-state index in [0.29, 0.717) is 6.04 Å². The Hall–Kier alpha value is -2.03. The first-order chi connectivity index (χ1) is 13.8. The van der Waals surface area contributed by atoms with E-state index in [2.05, 4.69) is 68.1 Å². The van der Waals surface area contributed by atoms with E-state index in [1.165, 1.54) is 19.3 Å². The molecule has 3 atom stereocenters. The Labute approximate surface area is 176 Å². The third kappa shape index (κ3) is 3.14. The molecule has 3 heterocycles. The van der Waals surface area contributed by atoms with Gasteiger partial charge < -0.3 is 4.81 Å². The van der Waals surface area contributed by atoms with E-state index in [1.807, 2.05) is 6.07 Å². The third-order valence-electron chi connectivity index (χ3n) is 7.84. The Morgan fingerprint density at radius 2 is 1.93 bits per heavy atom. The Kier molecular flexibility index (Phi) is 5.99. The van der Waals surface area contributed by atoms with Crippen LogP contribution in [0.3, 0.4) is 0 Å². The van der Waals surface area contributed by atoms with Gasteiger partial charge >= 0.3 is 6.98 Å². The zero-order valence-corrected chi connectivity index (χ0v) is 18.9. The number of aromatic nitrogens is 1. The number of fused-ring (bicyclic) bond motifs is 3. The summed E-state index contributed by atoms with van der Waals surface area (Å²) in [6, 6.07) is 4.18. The standard InChI is InChI=1S/C23H35BFN4/c1-7-10-11-12-18(4)28-13-14-29-21-15-19(16-26)20(25)17-27(21)23(6,9-3)22(5,8-2)24(28)29/h13-15,17-18H,7-12H2,1-6H3/q+1. The van der Waals surface area contributed by atoms with Crippen molar-refractivity contribution in [3.8, 4) is 6.07 Å². The van der Waals surface area contributed by atoms with E-state index in [-0.39, 0.29) is 23.4 Å². The van der Waals surface area contributed by atoms with Gasteiger partial charge in [-0.3, -0.25) is 4.81 Å². The molecule has 0 aromatic carbocycles. The van der Waals surface area contributed by atoms with Gasteiger partial charge in [0.05, 0.1) is 17.1 Å². The summed E-state index contributed by atoms with van der Waals surface area (Å²) in [5.41, 5.74) is -0.156. The summed E-state index contributed by atoms with van der Waals surface area (Å²) in [6.45, 7) is 13.7. The van der Waals surface area contributed by atoms with Crippen LogP contribution in [0.15, 0.2) is 24.7 Å². The average molecular weight is 397 g/mol. The van der Waals surface area contributed by atoms with Crippen molar-refractivity contribution in [2.75, 3.05) is 4.81 Å². The lowest BCUT2D eigenvalue weighted by molar-refractivity contribution is -0.760. The average Bonchev–Trinajstić information content (AvgIpc) is 3.17. The Morgan fingerprint density at radius 1 is 1.21 bits per heavy atom. The maximum Gasteiger partial charge on any atom is 0.511 e. The van der Waals surface area contributed by atoms with Crippen LogP contribution in [0.2, 0.25) is 5.31 Å². The van der Waals surface area contributed by atoms with Crippen molar-refractivity contribution in [3.63, 3.8) is 0 Å². The fraction of sp³-hybridized carbons (Fsp3) is 0.652. The van der Waals surface area contributed by atoms with Crippen molar-refractivity contribution in [1.29, 1.82) is 5.26 Å². The summed E-state index contributed by atoms with van der Waals surface area (Å²) in [6.07, 6.45) is 12.6. The van der Waals surface area contributed by atoms with E-state index in [4.69, 9.17) is 0 Å². The highest BCUT2D eigenvalue weighted by Gasteiger charge is 2.68. The van der Waals surface area contributed by atoms with Gasteiger partial charge in [-0.2, -0.15) is 5.26 Å². The number of pyridine rings is 1. The molecule has 0 N–H and O–H groups in total. The Morgan fingerprint density at radius 3 is 2.52 bits per heavy atom. The molecule has 1 aromatic rings.